The summed E-state index contributed by atoms with van der Waals surface area (Å²) in [5.74, 6) is 2.46. The van der Waals surface area contributed by atoms with E-state index in [0.717, 1.165) is 17.8 Å². The van der Waals surface area contributed by atoms with Crippen LogP contribution < -0.4 is 0 Å². The molecule has 0 N–H and O–H groups in total. The molecule has 1 saturated heterocycles. The van der Waals surface area contributed by atoms with E-state index in [-0.39, 0.29) is 0 Å². The van der Waals surface area contributed by atoms with Gasteiger partial charge in [0.1, 0.15) is 0 Å². The predicted octanol–water partition coefficient (Wildman–Crippen LogP) is 3.05. The highest BCUT2D eigenvalue weighted by molar-refractivity contribution is 5.26. The average molecular weight is 191 g/mol. The fourth-order valence-corrected chi connectivity index (χ4v) is 3.06. The van der Waals surface area contributed by atoms with Crippen LogP contribution in [0.4, 0.5) is 0 Å². The first-order valence-electron chi connectivity index (χ1n) is 5.87. The van der Waals surface area contributed by atoms with Gasteiger partial charge in [0.05, 0.1) is 0 Å². The molecule has 14 heavy (non-hydrogen) atoms. The van der Waals surface area contributed by atoms with Crippen molar-refractivity contribution in [1.82, 2.24) is 4.90 Å². The molecule has 0 amide bonds. The first kappa shape index (κ1) is 9.82. The summed E-state index contributed by atoms with van der Waals surface area (Å²) < 4.78 is 0. The average Bonchev–Trinajstić information content (AvgIpc) is 2.56. The van der Waals surface area contributed by atoms with Crippen LogP contribution >= 0.6 is 0 Å². The van der Waals surface area contributed by atoms with Crippen molar-refractivity contribution in [3.05, 3.63) is 23.9 Å². The molecule has 0 aromatic rings. The summed E-state index contributed by atoms with van der Waals surface area (Å²) >= 11 is 0. The Morgan fingerprint density at radius 3 is 2.79 bits per heavy atom. The molecular weight excluding hydrogens is 170 g/mol. The number of hydrogen-bond donors (Lipinski definition) is 0. The van der Waals surface area contributed by atoms with Gasteiger partial charge in [0.25, 0.3) is 0 Å². The smallest absolute Gasteiger partial charge is 0.0206 e. The maximum absolute atomic E-state index is 2.45. The molecule has 0 aromatic heterocycles. The quantitative estimate of drug-likeness (QED) is 0.648. The molecule has 3 unspecified atom stereocenters. The molecule has 2 aliphatic rings. The van der Waals surface area contributed by atoms with Gasteiger partial charge < -0.3 is 4.90 Å². The molecule has 1 fully saturated rings. The van der Waals surface area contributed by atoms with E-state index in [4.69, 9.17) is 0 Å². The largest absolute Gasteiger partial charge is 0.377 e. The van der Waals surface area contributed by atoms with Gasteiger partial charge in [-0.3, -0.25) is 0 Å². The molecule has 1 nitrogen and oxygen atoms in total. The topological polar surface area (TPSA) is 3.24 Å². The van der Waals surface area contributed by atoms with E-state index in [1.807, 2.05) is 0 Å². The normalized spacial score (nSPS) is 35.8. The SMILES string of the molecule is CCC1C=CC=C2C1C(CC)CN2C. The van der Waals surface area contributed by atoms with Crippen molar-refractivity contribution >= 4 is 0 Å². The van der Waals surface area contributed by atoms with E-state index in [2.05, 4.69) is 44.0 Å². The number of likely N-dealkylation sites (tertiary alicyclic amines) is 1. The second kappa shape index (κ2) is 3.80. The molecule has 3 atom stereocenters. The summed E-state index contributed by atoms with van der Waals surface area (Å²) in [7, 11) is 2.24. The maximum Gasteiger partial charge on any atom is 0.0206 e. The van der Waals surface area contributed by atoms with E-state index in [1.54, 1.807) is 5.70 Å². The summed E-state index contributed by atoms with van der Waals surface area (Å²) in [4.78, 5) is 2.45. The fraction of sp³-hybridized carbons (Fsp3) is 0.692. The van der Waals surface area contributed by atoms with Gasteiger partial charge in [0.15, 0.2) is 0 Å². The van der Waals surface area contributed by atoms with Gasteiger partial charge >= 0.3 is 0 Å². The maximum atomic E-state index is 2.45. The van der Waals surface area contributed by atoms with Gasteiger partial charge in [-0.2, -0.15) is 0 Å². The zero-order valence-corrected chi connectivity index (χ0v) is 9.53. The van der Waals surface area contributed by atoms with Crippen LogP contribution in [0.15, 0.2) is 23.9 Å². The van der Waals surface area contributed by atoms with Crippen molar-refractivity contribution in [2.24, 2.45) is 17.8 Å². The van der Waals surface area contributed by atoms with Crippen LogP contribution in [0.25, 0.3) is 0 Å². The second-order valence-corrected chi connectivity index (χ2v) is 4.62. The monoisotopic (exact) mass is 191 g/mol. The predicted molar refractivity (Wildman–Crippen MR) is 60.9 cm³/mol. The summed E-state index contributed by atoms with van der Waals surface area (Å²) in [6, 6.07) is 0. The number of hydrogen-bond acceptors (Lipinski definition) is 1. The molecule has 0 saturated carbocycles. The van der Waals surface area contributed by atoms with Gasteiger partial charge in [-0.1, -0.05) is 32.4 Å². The van der Waals surface area contributed by atoms with E-state index >= 15 is 0 Å². The van der Waals surface area contributed by atoms with Crippen molar-refractivity contribution in [3.8, 4) is 0 Å². The van der Waals surface area contributed by atoms with Crippen LogP contribution in [0.5, 0.6) is 0 Å². The highest BCUT2D eigenvalue weighted by Gasteiger charge is 2.38. The Balaban J connectivity index is 2.26. The van der Waals surface area contributed by atoms with E-state index in [0.29, 0.717) is 0 Å². The fourth-order valence-electron chi connectivity index (χ4n) is 3.06. The lowest BCUT2D eigenvalue weighted by Gasteiger charge is -2.28. The van der Waals surface area contributed by atoms with Crippen molar-refractivity contribution in [1.29, 1.82) is 0 Å². The van der Waals surface area contributed by atoms with Gasteiger partial charge in [-0.25, -0.2) is 0 Å². The molecule has 0 aromatic carbocycles. The van der Waals surface area contributed by atoms with Crippen LogP contribution in [-0.2, 0) is 0 Å². The standard InChI is InChI=1S/C13H21N/c1-4-10-7-6-8-12-13(10)11(5-2)9-14(12)3/h6-8,10-11,13H,4-5,9H2,1-3H3. The van der Waals surface area contributed by atoms with E-state index in [9.17, 15) is 0 Å². The van der Waals surface area contributed by atoms with Gasteiger partial charge in [0.2, 0.25) is 0 Å². The van der Waals surface area contributed by atoms with Crippen LogP contribution in [0.3, 0.4) is 0 Å². The zero-order valence-electron chi connectivity index (χ0n) is 9.53. The third-order valence-electron chi connectivity index (χ3n) is 3.88. The minimum Gasteiger partial charge on any atom is -0.377 e. The molecule has 0 spiro atoms. The van der Waals surface area contributed by atoms with Gasteiger partial charge in [0, 0.05) is 25.2 Å². The van der Waals surface area contributed by atoms with Crippen molar-refractivity contribution in [3.63, 3.8) is 0 Å². The Kier molecular flexibility index (Phi) is 2.66. The van der Waals surface area contributed by atoms with Crippen molar-refractivity contribution < 1.29 is 0 Å². The molecule has 1 aliphatic carbocycles. The van der Waals surface area contributed by atoms with Gasteiger partial charge in [-0.15, -0.1) is 0 Å². The Morgan fingerprint density at radius 2 is 2.14 bits per heavy atom. The van der Waals surface area contributed by atoms with E-state index < -0.39 is 0 Å². The zero-order chi connectivity index (χ0) is 10.1. The summed E-state index contributed by atoms with van der Waals surface area (Å²) in [6.45, 7) is 5.89. The first-order chi connectivity index (χ1) is 6.77. The summed E-state index contributed by atoms with van der Waals surface area (Å²) in [6.07, 6.45) is 9.55. The molecule has 1 aliphatic heterocycles. The second-order valence-electron chi connectivity index (χ2n) is 4.62. The Hall–Kier alpha value is -0.720. The Bertz CT molecular complexity index is 264. The molecule has 0 radical (unpaired) electrons. The van der Waals surface area contributed by atoms with Crippen LogP contribution in [0, 0.1) is 17.8 Å². The van der Waals surface area contributed by atoms with Crippen molar-refractivity contribution in [2.45, 2.75) is 26.7 Å². The molecule has 78 valence electrons. The lowest BCUT2D eigenvalue weighted by atomic mass is 9.77. The van der Waals surface area contributed by atoms with Crippen LogP contribution in [0.2, 0.25) is 0 Å². The molecule has 2 rings (SSSR count). The van der Waals surface area contributed by atoms with E-state index in [1.165, 1.54) is 19.4 Å². The number of rotatable bonds is 2. The lowest BCUT2D eigenvalue weighted by Crippen LogP contribution is -2.21. The first-order valence-corrected chi connectivity index (χ1v) is 5.87. The third kappa shape index (κ3) is 1.39. The Labute approximate surface area is 87.5 Å². The third-order valence-corrected chi connectivity index (χ3v) is 3.88. The van der Waals surface area contributed by atoms with Crippen LogP contribution in [-0.4, -0.2) is 18.5 Å². The molecule has 1 heteroatoms. The molecular formula is C13H21N. The highest BCUT2D eigenvalue weighted by atomic mass is 15.1. The van der Waals surface area contributed by atoms with Crippen molar-refractivity contribution in [2.75, 3.05) is 13.6 Å². The molecule has 1 heterocycles. The Morgan fingerprint density at radius 1 is 1.36 bits per heavy atom. The minimum atomic E-state index is 0.782. The van der Waals surface area contributed by atoms with Crippen LogP contribution in [0.1, 0.15) is 26.7 Å². The minimum absolute atomic E-state index is 0.782. The number of fused-ring (bicyclic) bond motifs is 1. The highest BCUT2D eigenvalue weighted by Crippen LogP contribution is 2.42. The summed E-state index contributed by atoms with van der Waals surface area (Å²) in [5.41, 5.74) is 1.58. The number of allylic oxidation sites excluding steroid dienone is 4. The molecule has 0 bridgehead atoms. The lowest BCUT2D eigenvalue weighted by molar-refractivity contribution is 0.333. The van der Waals surface area contributed by atoms with Gasteiger partial charge in [-0.05, 0) is 24.3 Å². The number of nitrogens with zero attached hydrogens (tertiary/aromatic N) is 1. The summed E-state index contributed by atoms with van der Waals surface area (Å²) in [5, 5.41) is 0.